The Morgan fingerprint density at radius 3 is 1.64 bits per heavy atom. The van der Waals surface area contributed by atoms with Gasteiger partial charge in [0.2, 0.25) is 0 Å². The summed E-state index contributed by atoms with van der Waals surface area (Å²) in [5, 5.41) is 0. The van der Waals surface area contributed by atoms with Crippen LogP contribution in [-0.2, 0) is 6.42 Å². The van der Waals surface area contributed by atoms with Crippen molar-refractivity contribution in [3.8, 4) is 119 Å². The van der Waals surface area contributed by atoms with E-state index in [0.717, 1.165) is 52.9 Å². The smallest absolute Gasteiger partial charge is 0.0925 e. The number of anilines is 1. The summed E-state index contributed by atoms with van der Waals surface area (Å²) in [7, 11) is 0. The van der Waals surface area contributed by atoms with E-state index in [1.165, 1.54) is 0 Å². The Labute approximate surface area is 274 Å². The predicted molar refractivity (Wildman–Crippen MR) is 200 cm³/mol. The van der Waals surface area contributed by atoms with Gasteiger partial charge in [0.1, 0.15) is 0 Å². The van der Waals surface area contributed by atoms with Gasteiger partial charge in [-0.3, -0.25) is 0 Å². The number of nitrogen functional groups attached to an aromatic ring is 1. The topological polar surface area (TPSA) is 112 Å². The number of nitrogens with two attached hydrogens (primary N) is 1. The zero-order valence-electron chi connectivity index (χ0n) is 22.8. The van der Waals surface area contributed by atoms with E-state index in [1.807, 2.05) is 36.4 Å². The minimum absolute atomic E-state index is 0. The summed E-state index contributed by atoms with van der Waals surface area (Å²) in [4.78, 5) is 11.4. The Morgan fingerprint density at radius 2 is 1.20 bits per heavy atom. The first-order chi connectivity index (χ1) is 20.6. The quantitative estimate of drug-likeness (QED) is 0.105. The highest BCUT2D eigenvalue weighted by Crippen LogP contribution is 2.25. The minimum Gasteiger partial charge on any atom is -0.399 e. The molecule has 0 saturated carbocycles. The van der Waals surface area contributed by atoms with Gasteiger partial charge in [0, 0.05) is 22.7 Å². The fourth-order valence-corrected chi connectivity index (χ4v) is 2.90. The number of terminal acetylenes is 2. The number of fused-ring (bicyclic) bond motifs is 1. The standard InChI is InChI=1S/C18H19N3.C18H2.2CH4.HN3.8H2/c1-2-3-9-16-18(13-7-5-4-6-8-13)21-15-11-10-14(19)12-17(15)20-16;1-3-5-7-9-11-13-15-17-18-16-14-12-10-8-6-4-2;;;1-3-2;;;;;;;;/h4-8,10-12H,2-3,9,19H2,1H3;1-2H;2*1H4;1H;8*1H. The highest BCUT2D eigenvalue weighted by Gasteiger charge is 2.10. The second-order valence-electron chi connectivity index (χ2n) is 7.38. The second-order valence-corrected chi connectivity index (χ2v) is 7.38. The van der Waals surface area contributed by atoms with Crippen LogP contribution in [0.2, 0.25) is 0 Å². The Bertz CT molecular complexity index is 1910. The average Bonchev–Trinajstić information content (AvgIpc) is 3.01. The van der Waals surface area contributed by atoms with Crippen LogP contribution >= 0.6 is 0 Å². The molecule has 0 unspecified atom stereocenters. The zero-order chi connectivity index (χ0) is 30.7. The van der Waals surface area contributed by atoms with Crippen molar-refractivity contribution in [3.63, 3.8) is 0 Å². The van der Waals surface area contributed by atoms with Gasteiger partial charge in [-0.15, -0.1) is 18.4 Å². The molecule has 3 rings (SSSR count). The molecule has 1 aromatic heterocycles. The van der Waals surface area contributed by atoms with E-state index < -0.39 is 0 Å². The minimum atomic E-state index is 0. The molecule has 0 fully saturated rings. The van der Waals surface area contributed by atoms with Crippen molar-refractivity contribution in [2.45, 2.75) is 41.0 Å². The number of benzene rings is 2. The third-order valence-electron chi connectivity index (χ3n) is 4.53. The Hall–Kier alpha value is -7.07. The predicted octanol–water partition coefficient (Wildman–Crippen LogP) is 8.61. The van der Waals surface area contributed by atoms with Crippen LogP contribution in [0.3, 0.4) is 0 Å². The molecule has 6 heteroatoms. The van der Waals surface area contributed by atoms with E-state index in [9.17, 15) is 0 Å². The van der Waals surface area contributed by atoms with E-state index in [-0.39, 0.29) is 26.3 Å². The molecule has 3 aromatic rings. The normalized spacial score (nSPS) is 6.89. The summed E-state index contributed by atoms with van der Waals surface area (Å²) in [5.74, 6) is 38.2. The van der Waals surface area contributed by atoms with Crippen LogP contribution in [0.25, 0.3) is 32.7 Å². The second kappa shape index (κ2) is 26.2. The van der Waals surface area contributed by atoms with Crippen molar-refractivity contribution in [2.24, 2.45) is 0 Å². The molecule has 0 spiro atoms. The summed E-state index contributed by atoms with van der Waals surface area (Å²) in [6.45, 7) is 2.19. The van der Waals surface area contributed by atoms with Crippen LogP contribution in [0.5, 0.6) is 0 Å². The van der Waals surface area contributed by atoms with Gasteiger partial charge in [0.15, 0.2) is 0 Å². The van der Waals surface area contributed by atoms with Gasteiger partial charge < -0.3 is 5.73 Å². The maximum atomic E-state index is 6.86. The molecule has 228 valence electrons. The highest BCUT2D eigenvalue weighted by molar-refractivity contribution is 5.81. The van der Waals surface area contributed by atoms with Gasteiger partial charge in [-0.2, -0.15) is 0 Å². The van der Waals surface area contributed by atoms with Crippen LogP contribution in [0.4, 0.5) is 5.69 Å². The Balaban J connectivity index is -0.0000000673. The lowest BCUT2D eigenvalue weighted by atomic mass is 10.1. The fourth-order valence-electron chi connectivity index (χ4n) is 2.90. The van der Waals surface area contributed by atoms with E-state index in [1.54, 1.807) is 4.91 Å². The molecule has 44 heavy (non-hydrogen) atoms. The lowest BCUT2D eigenvalue weighted by Crippen LogP contribution is -2.00. The maximum absolute atomic E-state index is 6.86. The summed E-state index contributed by atoms with van der Waals surface area (Å²) in [6.07, 6.45) is 13.0. The largest absolute Gasteiger partial charge is 0.399 e. The average molecular weight is 587 g/mol. The van der Waals surface area contributed by atoms with Crippen molar-refractivity contribution in [3.05, 3.63) is 64.7 Å². The molecule has 6 nitrogen and oxygen atoms in total. The molecular weight excluding hydrogens is 540 g/mol. The number of rotatable bonds is 4. The molecule has 0 aliphatic rings. The van der Waals surface area contributed by atoms with Gasteiger partial charge in [-0.25, -0.2) is 9.97 Å². The third-order valence-corrected chi connectivity index (χ3v) is 4.53. The SMILES string of the molecule is C.C.C#CC#CC#CC#CC#CC#CC#CC#CC#C.CCCCc1nc2cc(N)ccc2nc1-c1ccccc1.[HH].[HH].[HH].[HH].[HH].[HH].[HH].[HH].[N-]=[N+]=N. The van der Waals surface area contributed by atoms with Crippen molar-refractivity contribution in [2.75, 3.05) is 5.73 Å². The first kappa shape index (κ1) is 39.1. The van der Waals surface area contributed by atoms with Crippen LogP contribution < -0.4 is 5.73 Å². The summed E-state index contributed by atoms with van der Waals surface area (Å²) < 4.78 is 0. The summed E-state index contributed by atoms with van der Waals surface area (Å²) in [5.41, 5.74) is 23.8. The number of aryl methyl sites for hydroxylation is 1. The monoisotopic (exact) mass is 586 g/mol. The molecule has 0 bridgehead atoms. The van der Waals surface area contributed by atoms with E-state index >= 15 is 0 Å². The van der Waals surface area contributed by atoms with Crippen molar-refractivity contribution < 1.29 is 11.4 Å². The summed E-state index contributed by atoms with van der Waals surface area (Å²) >= 11 is 0. The van der Waals surface area contributed by atoms with E-state index in [0.29, 0.717) is 0 Å². The van der Waals surface area contributed by atoms with Gasteiger partial charge in [-0.1, -0.05) is 58.5 Å². The highest BCUT2D eigenvalue weighted by atomic mass is 15.0. The maximum Gasteiger partial charge on any atom is 0.0925 e. The lowest BCUT2D eigenvalue weighted by molar-refractivity contribution is 0.778. The van der Waals surface area contributed by atoms with E-state index in [2.05, 4.69) is 114 Å². The Morgan fingerprint density at radius 1 is 0.750 bits per heavy atom. The molecule has 0 aliphatic carbocycles. The van der Waals surface area contributed by atoms with Crippen LogP contribution in [0, 0.1) is 113 Å². The van der Waals surface area contributed by atoms with Crippen LogP contribution in [0.15, 0.2) is 48.5 Å². The molecule has 0 atom stereocenters. The van der Waals surface area contributed by atoms with Crippen molar-refractivity contribution in [1.82, 2.24) is 9.97 Å². The van der Waals surface area contributed by atoms with Crippen LogP contribution in [0.1, 0.15) is 51.7 Å². The van der Waals surface area contributed by atoms with Crippen molar-refractivity contribution in [1.29, 1.82) is 5.53 Å². The Kier molecular flexibility index (Phi) is 23.2. The number of hydrogen-bond donors (Lipinski definition) is 2. The first-order valence-corrected chi connectivity index (χ1v) is 12.1. The number of hydrogen-bond acceptors (Lipinski definition) is 4. The molecule has 0 radical (unpaired) electrons. The van der Waals surface area contributed by atoms with Gasteiger partial charge in [0.05, 0.1) is 22.4 Å². The first-order valence-electron chi connectivity index (χ1n) is 12.1. The van der Waals surface area contributed by atoms with Gasteiger partial charge in [0.25, 0.3) is 0 Å². The van der Waals surface area contributed by atoms with Gasteiger partial charge >= 0.3 is 0 Å². The molecule has 0 aliphatic heterocycles. The number of nitrogens with zero attached hydrogens (tertiary/aromatic N) is 4. The van der Waals surface area contributed by atoms with Crippen LogP contribution in [-0.4, -0.2) is 9.97 Å². The molecule has 0 saturated heterocycles. The molecular formula is C38H46N6. The van der Waals surface area contributed by atoms with E-state index in [4.69, 9.17) is 39.6 Å². The number of unbranched alkanes of at least 4 members (excludes halogenated alkanes) is 1. The third kappa shape index (κ3) is 16.8. The lowest BCUT2D eigenvalue weighted by Gasteiger charge is -2.10. The molecule has 0 amide bonds. The molecule has 2 aromatic carbocycles. The van der Waals surface area contributed by atoms with Gasteiger partial charge in [-0.05, 0) is 136 Å². The zero-order valence-corrected chi connectivity index (χ0v) is 22.8. The molecule has 3 N–H and O–H groups in total. The van der Waals surface area contributed by atoms with Crippen molar-refractivity contribution >= 4 is 16.7 Å². The number of nitrogens with one attached hydrogen (secondary N) is 1. The molecule has 1 heterocycles. The number of aromatic nitrogens is 2. The fraction of sp³-hybridized carbons (Fsp3) is 0.158. The summed E-state index contributed by atoms with van der Waals surface area (Å²) in [6, 6.07) is 16.0.